The molecule has 0 aliphatic rings. The molecule has 23 heavy (non-hydrogen) atoms. The zero-order chi connectivity index (χ0) is 16.4. The molecular formula is C19H19ClO3. The lowest BCUT2D eigenvalue weighted by molar-refractivity contribution is 0.414. The Labute approximate surface area is 140 Å². The first-order valence-corrected chi connectivity index (χ1v) is 8.06. The third-order valence-corrected chi connectivity index (χ3v) is 4.20. The molecule has 0 aliphatic heterocycles. The fraction of sp³-hybridized carbons (Fsp3) is 0.263. The molecule has 0 amide bonds. The number of fused-ring (bicyclic) bond motifs is 1. The molecule has 3 nitrogen and oxygen atoms in total. The highest BCUT2D eigenvalue weighted by Crippen LogP contribution is 2.37. The second-order valence-electron chi connectivity index (χ2n) is 5.60. The molecule has 0 spiro atoms. The van der Waals surface area contributed by atoms with E-state index in [0.29, 0.717) is 22.4 Å². The van der Waals surface area contributed by atoms with E-state index in [1.54, 1.807) is 13.2 Å². The Morgan fingerprint density at radius 2 is 1.91 bits per heavy atom. The Bertz CT molecular complexity index is 819. The first kappa shape index (κ1) is 15.8. The first-order valence-electron chi connectivity index (χ1n) is 7.68. The van der Waals surface area contributed by atoms with Crippen LogP contribution >= 0.6 is 11.6 Å². The second kappa shape index (κ2) is 6.55. The molecule has 0 aliphatic carbocycles. The van der Waals surface area contributed by atoms with E-state index < -0.39 is 0 Å². The normalized spacial score (nSPS) is 11.1. The van der Waals surface area contributed by atoms with Gasteiger partial charge in [0, 0.05) is 6.42 Å². The van der Waals surface area contributed by atoms with Crippen molar-refractivity contribution >= 4 is 22.6 Å². The minimum absolute atomic E-state index is 0.274. The SMILES string of the molecule is CCCc1cc(Cl)c2oc(Cc3ccc(OC)cc3)cc2c1O. The number of furan rings is 1. The van der Waals surface area contributed by atoms with Crippen molar-refractivity contribution in [3.63, 3.8) is 0 Å². The van der Waals surface area contributed by atoms with Gasteiger partial charge in [0.05, 0.1) is 17.5 Å². The first-order chi connectivity index (χ1) is 11.1. The average molecular weight is 331 g/mol. The van der Waals surface area contributed by atoms with Gasteiger partial charge in [-0.2, -0.15) is 0 Å². The highest BCUT2D eigenvalue weighted by Gasteiger charge is 2.15. The summed E-state index contributed by atoms with van der Waals surface area (Å²) in [5.41, 5.74) is 2.52. The van der Waals surface area contributed by atoms with Gasteiger partial charge in [-0.1, -0.05) is 37.1 Å². The van der Waals surface area contributed by atoms with Gasteiger partial charge in [-0.25, -0.2) is 0 Å². The Kier molecular flexibility index (Phi) is 4.49. The summed E-state index contributed by atoms with van der Waals surface area (Å²) in [4.78, 5) is 0. The number of hydrogen-bond acceptors (Lipinski definition) is 3. The van der Waals surface area contributed by atoms with E-state index >= 15 is 0 Å². The minimum Gasteiger partial charge on any atom is -0.507 e. The van der Waals surface area contributed by atoms with Gasteiger partial charge < -0.3 is 14.3 Å². The lowest BCUT2D eigenvalue weighted by Gasteiger charge is -2.04. The fourth-order valence-electron chi connectivity index (χ4n) is 2.75. The molecule has 3 aromatic rings. The van der Waals surface area contributed by atoms with E-state index in [0.717, 1.165) is 35.5 Å². The molecule has 1 heterocycles. The van der Waals surface area contributed by atoms with Gasteiger partial charge in [-0.15, -0.1) is 0 Å². The van der Waals surface area contributed by atoms with Crippen LogP contribution in [-0.4, -0.2) is 12.2 Å². The summed E-state index contributed by atoms with van der Waals surface area (Å²) in [7, 11) is 1.65. The number of ether oxygens (including phenoxy) is 1. The summed E-state index contributed by atoms with van der Waals surface area (Å²) in [6.07, 6.45) is 2.38. The molecule has 0 unspecified atom stereocenters. The van der Waals surface area contributed by atoms with Gasteiger partial charge in [-0.3, -0.25) is 0 Å². The van der Waals surface area contributed by atoms with Crippen molar-refractivity contribution in [2.75, 3.05) is 7.11 Å². The molecule has 1 N–H and O–H groups in total. The van der Waals surface area contributed by atoms with Gasteiger partial charge in [0.1, 0.15) is 17.3 Å². The van der Waals surface area contributed by atoms with Crippen molar-refractivity contribution in [3.8, 4) is 11.5 Å². The molecule has 2 aromatic carbocycles. The van der Waals surface area contributed by atoms with Crippen molar-refractivity contribution < 1.29 is 14.3 Å². The third-order valence-electron chi connectivity index (χ3n) is 3.92. The van der Waals surface area contributed by atoms with Crippen LogP contribution in [0.15, 0.2) is 40.8 Å². The van der Waals surface area contributed by atoms with Crippen LogP contribution in [0.5, 0.6) is 11.5 Å². The Balaban J connectivity index is 1.95. The third kappa shape index (κ3) is 3.15. The number of halogens is 1. The van der Waals surface area contributed by atoms with Crippen LogP contribution in [0.2, 0.25) is 5.02 Å². The lowest BCUT2D eigenvalue weighted by atomic mass is 10.1. The van der Waals surface area contributed by atoms with Crippen molar-refractivity contribution in [2.24, 2.45) is 0 Å². The van der Waals surface area contributed by atoms with E-state index in [1.165, 1.54) is 0 Å². The molecule has 0 radical (unpaired) electrons. The van der Waals surface area contributed by atoms with E-state index in [1.807, 2.05) is 30.3 Å². The molecule has 1 aromatic heterocycles. The van der Waals surface area contributed by atoms with Crippen molar-refractivity contribution in [1.29, 1.82) is 0 Å². The fourth-order valence-corrected chi connectivity index (χ4v) is 3.02. The van der Waals surface area contributed by atoms with Crippen molar-refractivity contribution in [2.45, 2.75) is 26.2 Å². The molecular weight excluding hydrogens is 312 g/mol. The number of methoxy groups -OCH3 is 1. The summed E-state index contributed by atoms with van der Waals surface area (Å²) in [5, 5.41) is 11.6. The number of hydrogen-bond donors (Lipinski definition) is 1. The number of rotatable bonds is 5. The summed E-state index contributed by atoms with van der Waals surface area (Å²) in [6.45, 7) is 2.07. The Morgan fingerprint density at radius 1 is 1.17 bits per heavy atom. The topological polar surface area (TPSA) is 42.6 Å². The van der Waals surface area contributed by atoms with Crippen molar-refractivity contribution in [1.82, 2.24) is 0 Å². The summed E-state index contributed by atoms with van der Waals surface area (Å²) in [6, 6.07) is 11.5. The molecule has 120 valence electrons. The van der Waals surface area contributed by atoms with E-state index in [4.69, 9.17) is 20.8 Å². The largest absolute Gasteiger partial charge is 0.507 e. The zero-order valence-corrected chi connectivity index (χ0v) is 14.0. The molecule has 0 saturated heterocycles. The standard InChI is InChI=1S/C19H19ClO3/c1-3-4-13-10-17(20)19-16(18(13)21)11-15(23-19)9-12-5-7-14(22-2)8-6-12/h5-8,10-11,21H,3-4,9H2,1-2H3. The second-order valence-corrected chi connectivity index (χ2v) is 6.00. The van der Waals surface area contributed by atoms with E-state index in [2.05, 4.69) is 6.92 Å². The summed E-state index contributed by atoms with van der Waals surface area (Å²) >= 11 is 6.30. The maximum absolute atomic E-state index is 10.4. The predicted molar refractivity (Wildman–Crippen MR) is 92.7 cm³/mol. The van der Waals surface area contributed by atoms with E-state index in [-0.39, 0.29) is 5.75 Å². The number of phenols is 1. The van der Waals surface area contributed by atoms with Crippen LogP contribution in [0, 0.1) is 0 Å². The van der Waals surface area contributed by atoms with Crippen LogP contribution < -0.4 is 4.74 Å². The molecule has 4 heteroatoms. The van der Waals surface area contributed by atoms with E-state index in [9.17, 15) is 5.11 Å². The lowest BCUT2D eigenvalue weighted by Crippen LogP contribution is -1.87. The van der Waals surface area contributed by atoms with Gasteiger partial charge in [0.2, 0.25) is 0 Å². The Hall–Kier alpha value is -2.13. The van der Waals surface area contributed by atoms with Gasteiger partial charge in [-0.05, 0) is 41.8 Å². The number of benzene rings is 2. The van der Waals surface area contributed by atoms with Gasteiger partial charge in [0.15, 0.2) is 5.58 Å². The van der Waals surface area contributed by atoms with Crippen LogP contribution in [0.1, 0.15) is 30.2 Å². The van der Waals surface area contributed by atoms with Crippen LogP contribution in [0.3, 0.4) is 0 Å². The minimum atomic E-state index is 0.274. The monoisotopic (exact) mass is 330 g/mol. The maximum Gasteiger partial charge on any atom is 0.156 e. The smallest absolute Gasteiger partial charge is 0.156 e. The number of phenolic OH excluding ortho intramolecular Hbond substituents is 1. The number of aryl methyl sites for hydroxylation is 1. The number of aromatic hydroxyl groups is 1. The average Bonchev–Trinajstić information content (AvgIpc) is 2.98. The highest BCUT2D eigenvalue weighted by molar-refractivity contribution is 6.35. The molecule has 0 saturated carbocycles. The predicted octanol–water partition coefficient (Wildman–Crippen LogP) is 5.34. The summed E-state index contributed by atoms with van der Waals surface area (Å²) in [5.74, 6) is 1.87. The van der Waals surface area contributed by atoms with Crippen LogP contribution in [0.4, 0.5) is 0 Å². The van der Waals surface area contributed by atoms with Crippen LogP contribution in [0.25, 0.3) is 11.0 Å². The van der Waals surface area contributed by atoms with Gasteiger partial charge >= 0.3 is 0 Å². The summed E-state index contributed by atoms with van der Waals surface area (Å²) < 4.78 is 11.0. The highest BCUT2D eigenvalue weighted by atomic mass is 35.5. The molecule has 0 bridgehead atoms. The quantitative estimate of drug-likeness (QED) is 0.686. The Morgan fingerprint density at radius 3 is 2.57 bits per heavy atom. The van der Waals surface area contributed by atoms with Crippen LogP contribution in [-0.2, 0) is 12.8 Å². The van der Waals surface area contributed by atoms with Crippen molar-refractivity contribution in [3.05, 3.63) is 58.3 Å². The maximum atomic E-state index is 10.4. The molecule has 3 rings (SSSR count). The zero-order valence-electron chi connectivity index (χ0n) is 13.2. The molecule has 0 fully saturated rings. The van der Waals surface area contributed by atoms with Gasteiger partial charge in [0.25, 0.3) is 0 Å². The molecule has 0 atom stereocenters.